The minimum absolute atomic E-state index is 0.271. The van der Waals surface area contributed by atoms with Crippen molar-refractivity contribution in [1.82, 2.24) is 19.1 Å². The zero-order valence-electron chi connectivity index (χ0n) is 12.3. The number of nitrogens with two attached hydrogens (primary N) is 1. The first-order valence-electron chi connectivity index (χ1n) is 6.85. The normalized spacial score (nSPS) is 13.3. The quantitative estimate of drug-likeness (QED) is 0.855. The molecule has 0 aliphatic heterocycles. The number of nitrogens with zero attached hydrogens (tertiary/aromatic N) is 3. The molecule has 0 saturated heterocycles. The van der Waals surface area contributed by atoms with Gasteiger partial charge in [-0.1, -0.05) is 13.8 Å². The number of nitrogens with one attached hydrogen (secondary N) is 1. The van der Waals surface area contributed by atoms with E-state index in [0.29, 0.717) is 30.1 Å². The third-order valence-corrected chi connectivity index (χ3v) is 3.19. The Labute approximate surface area is 116 Å². The molecular formula is C13H21N5O2. The number of hydrogen-bond acceptors (Lipinski definition) is 4. The van der Waals surface area contributed by atoms with Crippen molar-refractivity contribution in [3.63, 3.8) is 0 Å². The topological polar surface area (TPSA) is 98.7 Å². The molecule has 7 nitrogen and oxygen atoms in total. The molecule has 0 amide bonds. The van der Waals surface area contributed by atoms with Gasteiger partial charge in [0.05, 0.1) is 6.04 Å². The first-order chi connectivity index (χ1) is 9.36. The SMILES string of the molecule is CCn1c(C(C)N)nc2c1c(=O)[nH]c(=O)n2CC(C)C. The standard InChI is InChI=1S/C13H21N5O2/c1-5-17-9-11(15-10(17)8(4)14)18(6-7(2)3)13(20)16-12(9)19/h7-8H,5-6,14H2,1-4H3,(H,16,19,20). The van der Waals surface area contributed by atoms with Gasteiger partial charge in [-0.3, -0.25) is 14.3 Å². The van der Waals surface area contributed by atoms with Crippen molar-refractivity contribution in [1.29, 1.82) is 0 Å². The van der Waals surface area contributed by atoms with Crippen LogP contribution in [0.2, 0.25) is 0 Å². The summed E-state index contributed by atoms with van der Waals surface area (Å²) in [5.74, 6) is 0.892. The van der Waals surface area contributed by atoms with E-state index in [1.165, 1.54) is 4.57 Å². The van der Waals surface area contributed by atoms with Crippen molar-refractivity contribution < 1.29 is 0 Å². The summed E-state index contributed by atoms with van der Waals surface area (Å²) in [5, 5.41) is 0. The molecule has 1 unspecified atom stereocenters. The van der Waals surface area contributed by atoms with Gasteiger partial charge < -0.3 is 10.3 Å². The number of fused-ring (bicyclic) bond motifs is 1. The van der Waals surface area contributed by atoms with Crippen LogP contribution >= 0.6 is 0 Å². The van der Waals surface area contributed by atoms with Gasteiger partial charge >= 0.3 is 5.69 Å². The average Bonchev–Trinajstić information content (AvgIpc) is 2.73. The minimum atomic E-state index is -0.423. The molecule has 2 rings (SSSR count). The van der Waals surface area contributed by atoms with E-state index in [1.54, 1.807) is 4.57 Å². The fraction of sp³-hybridized carbons (Fsp3) is 0.615. The molecule has 0 aliphatic carbocycles. The Kier molecular flexibility index (Phi) is 3.80. The summed E-state index contributed by atoms with van der Waals surface area (Å²) in [6.45, 7) is 8.83. The molecule has 0 aliphatic rings. The van der Waals surface area contributed by atoms with Crippen LogP contribution in [0.5, 0.6) is 0 Å². The van der Waals surface area contributed by atoms with Crippen LogP contribution in [0.4, 0.5) is 0 Å². The molecule has 0 aromatic carbocycles. The summed E-state index contributed by atoms with van der Waals surface area (Å²) in [4.78, 5) is 30.9. The van der Waals surface area contributed by atoms with E-state index in [2.05, 4.69) is 9.97 Å². The zero-order valence-corrected chi connectivity index (χ0v) is 12.3. The third kappa shape index (κ3) is 2.29. The van der Waals surface area contributed by atoms with Crippen molar-refractivity contribution in [2.45, 2.75) is 46.8 Å². The highest BCUT2D eigenvalue weighted by molar-refractivity contribution is 5.71. The maximum atomic E-state index is 12.1. The Hall–Kier alpha value is -1.89. The molecule has 0 bridgehead atoms. The monoisotopic (exact) mass is 279 g/mol. The molecule has 2 aromatic rings. The number of aromatic amines is 1. The highest BCUT2D eigenvalue weighted by atomic mass is 16.2. The summed E-state index contributed by atoms with van der Waals surface area (Å²) >= 11 is 0. The molecule has 1 atom stereocenters. The number of H-pyrrole nitrogens is 1. The van der Waals surface area contributed by atoms with E-state index in [1.807, 2.05) is 27.7 Å². The number of hydrogen-bond donors (Lipinski definition) is 2. The van der Waals surface area contributed by atoms with Crippen LogP contribution in [-0.2, 0) is 13.1 Å². The average molecular weight is 279 g/mol. The van der Waals surface area contributed by atoms with Crippen molar-refractivity contribution in [3.05, 3.63) is 26.7 Å². The molecule has 2 aromatic heterocycles. The molecule has 0 radical (unpaired) electrons. The van der Waals surface area contributed by atoms with E-state index >= 15 is 0 Å². The number of aryl methyl sites for hydroxylation is 1. The van der Waals surface area contributed by atoms with Gasteiger partial charge in [0.1, 0.15) is 5.82 Å². The molecule has 2 heterocycles. The Bertz CT molecular complexity index is 736. The first kappa shape index (κ1) is 14.5. The van der Waals surface area contributed by atoms with Crippen molar-refractivity contribution in [2.24, 2.45) is 11.7 Å². The lowest BCUT2D eigenvalue weighted by Crippen LogP contribution is -2.32. The maximum Gasteiger partial charge on any atom is 0.330 e. The van der Waals surface area contributed by atoms with Gasteiger partial charge in [-0.25, -0.2) is 9.78 Å². The minimum Gasteiger partial charge on any atom is -0.322 e. The summed E-state index contributed by atoms with van der Waals surface area (Å²) in [7, 11) is 0. The smallest absolute Gasteiger partial charge is 0.322 e. The number of rotatable bonds is 4. The largest absolute Gasteiger partial charge is 0.330 e. The lowest BCUT2D eigenvalue weighted by atomic mass is 10.2. The lowest BCUT2D eigenvalue weighted by molar-refractivity contribution is 0.513. The van der Waals surface area contributed by atoms with Gasteiger partial charge in [-0.2, -0.15) is 0 Å². The molecule has 0 spiro atoms. The fourth-order valence-corrected chi connectivity index (χ4v) is 2.39. The van der Waals surface area contributed by atoms with E-state index in [0.717, 1.165) is 0 Å². The predicted octanol–water partition coefficient (Wildman–Crippen LogP) is 0.582. The van der Waals surface area contributed by atoms with Crippen LogP contribution in [0.25, 0.3) is 11.2 Å². The van der Waals surface area contributed by atoms with E-state index in [4.69, 9.17) is 5.73 Å². The molecule has 20 heavy (non-hydrogen) atoms. The van der Waals surface area contributed by atoms with Crippen molar-refractivity contribution >= 4 is 11.2 Å². The van der Waals surface area contributed by atoms with Crippen LogP contribution in [0, 0.1) is 5.92 Å². The summed E-state index contributed by atoms with van der Waals surface area (Å²) in [6, 6.07) is -0.302. The third-order valence-electron chi connectivity index (χ3n) is 3.19. The highest BCUT2D eigenvalue weighted by Crippen LogP contribution is 2.16. The lowest BCUT2D eigenvalue weighted by Gasteiger charge is -2.09. The zero-order chi connectivity index (χ0) is 15.0. The van der Waals surface area contributed by atoms with Crippen molar-refractivity contribution in [2.75, 3.05) is 0 Å². The van der Waals surface area contributed by atoms with Crippen LogP contribution in [0.15, 0.2) is 9.59 Å². The van der Waals surface area contributed by atoms with Gasteiger partial charge in [0.2, 0.25) is 0 Å². The van der Waals surface area contributed by atoms with E-state index in [-0.39, 0.29) is 12.0 Å². The van der Waals surface area contributed by atoms with Crippen LogP contribution < -0.4 is 17.0 Å². The van der Waals surface area contributed by atoms with E-state index in [9.17, 15) is 9.59 Å². The predicted molar refractivity (Wildman–Crippen MR) is 77.7 cm³/mol. The second-order valence-electron chi connectivity index (χ2n) is 5.44. The molecule has 0 fully saturated rings. The van der Waals surface area contributed by atoms with Gasteiger partial charge in [-0.15, -0.1) is 0 Å². The van der Waals surface area contributed by atoms with Crippen molar-refractivity contribution in [3.8, 4) is 0 Å². The Morgan fingerprint density at radius 2 is 1.90 bits per heavy atom. The second-order valence-corrected chi connectivity index (χ2v) is 5.44. The number of imidazole rings is 1. The fourth-order valence-electron chi connectivity index (χ4n) is 2.39. The summed E-state index contributed by atoms with van der Waals surface area (Å²) < 4.78 is 3.29. The molecule has 3 N–H and O–H groups in total. The molecular weight excluding hydrogens is 258 g/mol. The Morgan fingerprint density at radius 1 is 1.25 bits per heavy atom. The van der Waals surface area contributed by atoms with Crippen LogP contribution in [-0.4, -0.2) is 19.1 Å². The second kappa shape index (κ2) is 5.24. The van der Waals surface area contributed by atoms with Gasteiger partial charge in [0.15, 0.2) is 11.2 Å². The molecule has 0 saturated carbocycles. The highest BCUT2D eigenvalue weighted by Gasteiger charge is 2.19. The van der Waals surface area contributed by atoms with Crippen LogP contribution in [0.1, 0.15) is 39.6 Å². The van der Waals surface area contributed by atoms with Gasteiger partial charge in [0, 0.05) is 13.1 Å². The first-order valence-corrected chi connectivity index (χ1v) is 6.85. The van der Waals surface area contributed by atoms with Gasteiger partial charge in [-0.05, 0) is 19.8 Å². The van der Waals surface area contributed by atoms with Crippen LogP contribution in [0.3, 0.4) is 0 Å². The number of aromatic nitrogens is 4. The molecule has 7 heteroatoms. The Balaban J connectivity index is 2.89. The summed E-state index contributed by atoms with van der Waals surface area (Å²) in [6.07, 6.45) is 0. The maximum absolute atomic E-state index is 12.1. The van der Waals surface area contributed by atoms with E-state index < -0.39 is 11.2 Å². The summed E-state index contributed by atoms with van der Waals surface area (Å²) in [5.41, 5.74) is 5.91. The Morgan fingerprint density at radius 3 is 2.40 bits per heavy atom. The molecule has 110 valence electrons. The van der Waals surface area contributed by atoms with Gasteiger partial charge in [0.25, 0.3) is 5.56 Å².